The largest absolute Gasteiger partial charge is 0.573 e. The molecular formula is C12H8F3N5O. The van der Waals surface area contributed by atoms with Gasteiger partial charge in [-0.15, -0.1) is 13.2 Å². The van der Waals surface area contributed by atoms with E-state index in [0.717, 1.165) is 0 Å². The van der Waals surface area contributed by atoms with Gasteiger partial charge in [0.05, 0.1) is 17.3 Å². The highest BCUT2D eigenvalue weighted by atomic mass is 19.4. The SMILES string of the molecule is Nc1nc(-c2cccc(OC(F)(F)F)c2)c2cn[nH]c2n1. The second-order valence-corrected chi connectivity index (χ2v) is 4.14. The van der Waals surface area contributed by atoms with Crippen LogP contribution in [-0.2, 0) is 0 Å². The Morgan fingerprint density at radius 2 is 2.00 bits per heavy atom. The van der Waals surface area contributed by atoms with Crippen LogP contribution < -0.4 is 10.5 Å². The standard InChI is InChI=1S/C12H8F3N5O/c13-12(14,15)21-7-3-1-2-6(4-7)9-8-5-17-20-10(8)19-11(16)18-9/h1-5H,(H3,16,17,18,19,20). The fraction of sp³-hybridized carbons (Fsp3) is 0.0833. The molecule has 3 aromatic rings. The second kappa shape index (κ2) is 4.62. The molecule has 2 aromatic heterocycles. The first-order valence-electron chi connectivity index (χ1n) is 5.75. The van der Waals surface area contributed by atoms with Gasteiger partial charge in [0.2, 0.25) is 5.95 Å². The maximum absolute atomic E-state index is 12.3. The number of benzene rings is 1. The maximum atomic E-state index is 12.3. The molecule has 9 heteroatoms. The van der Waals surface area contributed by atoms with Crippen LogP contribution in [0.1, 0.15) is 0 Å². The fourth-order valence-electron chi connectivity index (χ4n) is 1.91. The Bertz CT molecular complexity index is 799. The Balaban J connectivity index is 2.10. The molecule has 0 unspecified atom stereocenters. The minimum Gasteiger partial charge on any atom is -0.406 e. The molecule has 0 aliphatic carbocycles. The number of rotatable bonds is 2. The summed E-state index contributed by atoms with van der Waals surface area (Å²) < 4.78 is 40.7. The highest BCUT2D eigenvalue weighted by molar-refractivity contribution is 5.90. The number of nitrogens with zero attached hydrogens (tertiary/aromatic N) is 3. The monoisotopic (exact) mass is 295 g/mol. The molecule has 3 N–H and O–H groups in total. The zero-order valence-corrected chi connectivity index (χ0v) is 10.3. The first-order chi connectivity index (χ1) is 9.92. The van der Waals surface area contributed by atoms with E-state index in [1.54, 1.807) is 6.07 Å². The van der Waals surface area contributed by atoms with Crippen LogP contribution in [0.2, 0.25) is 0 Å². The van der Waals surface area contributed by atoms with Gasteiger partial charge in [0.25, 0.3) is 0 Å². The van der Waals surface area contributed by atoms with Gasteiger partial charge >= 0.3 is 6.36 Å². The van der Waals surface area contributed by atoms with E-state index in [-0.39, 0.29) is 11.7 Å². The fourth-order valence-corrected chi connectivity index (χ4v) is 1.91. The summed E-state index contributed by atoms with van der Waals surface area (Å²) in [6, 6.07) is 5.45. The van der Waals surface area contributed by atoms with E-state index in [9.17, 15) is 13.2 Å². The van der Waals surface area contributed by atoms with Gasteiger partial charge in [-0.2, -0.15) is 10.1 Å². The van der Waals surface area contributed by atoms with Crippen LogP contribution in [-0.4, -0.2) is 26.5 Å². The molecule has 0 saturated heterocycles. The van der Waals surface area contributed by atoms with Gasteiger partial charge in [-0.3, -0.25) is 5.10 Å². The summed E-state index contributed by atoms with van der Waals surface area (Å²) in [6.07, 6.45) is -3.28. The molecule has 108 valence electrons. The second-order valence-electron chi connectivity index (χ2n) is 4.14. The van der Waals surface area contributed by atoms with Crippen molar-refractivity contribution in [3.8, 4) is 17.0 Å². The Morgan fingerprint density at radius 1 is 1.19 bits per heavy atom. The number of nitrogens with two attached hydrogens (primary N) is 1. The summed E-state index contributed by atoms with van der Waals surface area (Å²) in [5.41, 5.74) is 6.77. The third-order valence-corrected chi connectivity index (χ3v) is 2.67. The van der Waals surface area contributed by atoms with Gasteiger partial charge in [0.15, 0.2) is 5.65 Å². The third-order valence-electron chi connectivity index (χ3n) is 2.67. The molecule has 0 aliphatic rings. The number of aromatic nitrogens is 4. The Labute approximate surface area is 115 Å². The number of hydrogen-bond acceptors (Lipinski definition) is 5. The summed E-state index contributed by atoms with van der Waals surface area (Å²) >= 11 is 0. The number of nitrogens with one attached hydrogen (secondary N) is 1. The van der Waals surface area contributed by atoms with Gasteiger partial charge < -0.3 is 10.5 Å². The molecule has 1 aromatic carbocycles. The number of hydrogen-bond donors (Lipinski definition) is 2. The van der Waals surface area contributed by atoms with Crippen LogP contribution in [0.15, 0.2) is 30.5 Å². The maximum Gasteiger partial charge on any atom is 0.573 e. The predicted octanol–water partition coefficient (Wildman–Crippen LogP) is 2.50. The van der Waals surface area contributed by atoms with Crippen molar-refractivity contribution in [1.29, 1.82) is 0 Å². The first-order valence-corrected chi connectivity index (χ1v) is 5.75. The number of aromatic amines is 1. The van der Waals surface area contributed by atoms with Crippen LogP contribution in [0.25, 0.3) is 22.3 Å². The number of anilines is 1. The lowest BCUT2D eigenvalue weighted by Crippen LogP contribution is -2.17. The lowest BCUT2D eigenvalue weighted by atomic mass is 10.1. The summed E-state index contributed by atoms with van der Waals surface area (Å²) in [5.74, 6) is -0.349. The van der Waals surface area contributed by atoms with Crippen LogP contribution in [0.3, 0.4) is 0 Å². The van der Waals surface area contributed by atoms with Gasteiger partial charge in [-0.05, 0) is 12.1 Å². The van der Waals surface area contributed by atoms with Crippen LogP contribution in [0, 0.1) is 0 Å². The summed E-state index contributed by atoms with van der Waals surface area (Å²) in [7, 11) is 0. The average Bonchev–Trinajstić information content (AvgIpc) is 2.84. The van der Waals surface area contributed by atoms with Crippen molar-refractivity contribution >= 4 is 17.0 Å². The molecule has 0 saturated carbocycles. The normalized spacial score (nSPS) is 11.8. The van der Waals surface area contributed by atoms with Crippen molar-refractivity contribution in [1.82, 2.24) is 20.2 Å². The molecular weight excluding hydrogens is 287 g/mol. The molecule has 0 fully saturated rings. The predicted molar refractivity (Wildman–Crippen MR) is 68.2 cm³/mol. The quantitative estimate of drug-likeness (QED) is 0.758. The van der Waals surface area contributed by atoms with Crippen molar-refractivity contribution in [2.24, 2.45) is 0 Å². The van der Waals surface area contributed by atoms with Crippen LogP contribution >= 0.6 is 0 Å². The van der Waals surface area contributed by atoms with Gasteiger partial charge in [-0.1, -0.05) is 12.1 Å². The van der Waals surface area contributed by atoms with E-state index >= 15 is 0 Å². The van der Waals surface area contributed by atoms with E-state index in [1.165, 1.54) is 24.4 Å². The van der Waals surface area contributed by atoms with Gasteiger partial charge in [-0.25, -0.2) is 4.98 Å². The summed E-state index contributed by atoms with van der Waals surface area (Å²) in [4.78, 5) is 7.99. The lowest BCUT2D eigenvalue weighted by molar-refractivity contribution is -0.274. The highest BCUT2D eigenvalue weighted by Crippen LogP contribution is 2.30. The van der Waals surface area contributed by atoms with E-state index in [1.807, 2.05) is 0 Å². The number of H-pyrrole nitrogens is 1. The van der Waals surface area contributed by atoms with Crippen molar-refractivity contribution < 1.29 is 17.9 Å². The Morgan fingerprint density at radius 3 is 2.76 bits per heavy atom. The van der Waals surface area contributed by atoms with E-state index in [2.05, 4.69) is 24.9 Å². The molecule has 0 aliphatic heterocycles. The zero-order valence-electron chi connectivity index (χ0n) is 10.3. The topological polar surface area (TPSA) is 89.7 Å². The van der Waals surface area contributed by atoms with Crippen LogP contribution in [0.5, 0.6) is 5.75 Å². The van der Waals surface area contributed by atoms with E-state index < -0.39 is 6.36 Å². The van der Waals surface area contributed by atoms with Gasteiger partial charge in [0, 0.05) is 5.56 Å². The molecule has 2 heterocycles. The van der Waals surface area contributed by atoms with Gasteiger partial charge in [0.1, 0.15) is 5.75 Å². The Kier molecular flexibility index (Phi) is 2.89. The summed E-state index contributed by atoms with van der Waals surface area (Å²) in [6.45, 7) is 0. The van der Waals surface area contributed by atoms with Crippen molar-refractivity contribution in [3.05, 3.63) is 30.5 Å². The number of halogens is 3. The number of alkyl halides is 3. The molecule has 21 heavy (non-hydrogen) atoms. The summed E-state index contributed by atoms with van der Waals surface area (Å²) in [5, 5.41) is 7.00. The number of fused-ring (bicyclic) bond motifs is 1. The van der Waals surface area contributed by atoms with E-state index in [0.29, 0.717) is 22.3 Å². The lowest BCUT2D eigenvalue weighted by Gasteiger charge is -2.10. The number of ether oxygens (including phenoxy) is 1. The molecule has 0 atom stereocenters. The van der Waals surface area contributed by atoms with Crippen molar-refractivity contribution in [3.63, 3.8) is 0 Å². The Hall–Kier alpha value is -2.84. The minimum absolute atomic E-state index is 0.0103. The smallest absolute Gasteiger partial charge is 0.406 e. The van der Waals surface area contributed by atoms with Crippen molar-refractivity contribution in [2.75, 3.05) is 5.73 Å². The molecule has 0 spiro atoms. The molecule has 6 nitrogen and oxygen atoms in total. The molecule has 0 bridgehead atoms. The number of nitrogen functional groups attached to an aromatic ring is 1. The average molecular weight is 295 g/mol. The highest BCUT2D eigenvalue weighted by Gasteiger charge is 2.31. The first kappa shape index (κ1) is 13.2. The van der Waals surface area contributed by atoms with Crippen LogP contribution in [0.4, 0.5) is 19.1 Å². The minimum atomic E-state index is -4.76. The van der Waals surface area contributed by atoms with Crippen molar-refractivity contribution in [2.45, 2.75) is 6.36 Å². The molecule has 0 radical (unpaired) electrons. The molecule has 3 rings (SSSR count). The zero-order chi connectivity index (χ0) is 15.0. The van der Waals surface area contributed by atoms with E-state index in [4.69, 9.17) is 5.73 Å². The molecule has 0 amide bonds. The third kappa shape index (κ3) is 2.71.